The predicted molar refractivity (Wildman–Crippen MR) is 547 cm³/mol. The number of carboxylic acid groups (broad SMARTS) is 1. The van der Waals surface area contributed by atoms with Crippen LogP contribution in [0.1, 0.15) is 227 Å². The second kappa shape index (κ2) is 43.7. The largest absolute Gasteiger partial charge is 0.497 e. The molecule has 0 radical (unpaired) electrons. The van der Waals surface area contributed by atoms with Gasteiger partial charge in [-0.1, -0.05) is 65.2 Å². The minimum atomic E-state index is -4.86. The molecule has 148 heavy (non-hydrogen) atoms. The van der Waals surface area contributed by atoms with E-state index in [0.717, 1.165) is 62.2 Å². The molecule has 6 aromatic carbocycles. The van der Waals surface area contributed by atoms with Crippen LogP contribution in [0.5, 0.6) is 0 Å². The zero-order valence-corrected chi connectivity index (χ0v) is 87.8. The fourth-order valence-corrected chi connectivity index (χ4v) is 18.2. The average Bonchev–Trinajstić information content (AvgIpc) is 1.51. The highest BCUT2D eigenvalue weighted by molar-refractivity contribution is 9.10. The molecule has 0 unspecified atom stereocenters. The van der Waals surface area contributed by atoms with E-state index in [-0.39, 0.29) is 49.0 Å². The number of esters is 2. The number of anilines is 3. The summed E-state index contributed by atoms with van der Waals surface area (Å²) in [7, 11) is 4.92. The first-order valence-electron chi connectivity index (χ1n) is 46.6. The molecule has 12 N–H and O–H groups in total. The Bertz CT molecular complexity index is 7430. The van der Waals surface area contributed by atoms with Crippen LogP contribution in [0, 0.1) is 83.3 Å². The second-order valence-corrected chi connectivity index (χ2v) is 42.6. The van der Waals surface area contributed by atoms with Gasteiger partial charge in [0.1, 0.15) is 92.2 Å². The van der Waals surface area contributed by atoms with Gasteiger partial charge in [-0.25, -0.2) is 41.3 Å². The highest BCUT2D eigenvalue weighted by atomic mass is 79.9. The molecule has 1 saturated heterocycles. The molecule has 8 heterocycles. The molecule has 782 valence electrons. The second-order valence-electron chi connectivity index (χ2n) is 41.0. The van der Waals surface area contributed by atoms with Gasteiger partial charge in [0.25, 0.3) is 5.92 Å². The number of aliphatic hydroxyl groups is 3. The molecule has 41 heteroatoms. The number of ether oxygens (including phenoxy) is 2. The molecule has 1 saturated carbocycles. The van der Waals surface area contributed by atoms with Gasteiger partial charge in [0.2, 0.25) is 0 Å². The van der Waals surface area contributed by atoms with Gasteiger partial charge in [-0.15, -0.1) is 0 Å². The standard InChI is InChI=1S/C32H33ClF2N4O3.C27H27F2N5O.C24H26BrF2NO3.C14H19BClN3O2.C10H7F5N2O2/c1-31(2,3)42-26(40)16-19(13-18-14-20(34)17-21(35)15-18)28-23(8-7-22(37-28)11-12-32(4,5)41)24-9-10-25(33)27-29(24)39(6)38-30(27)36;1-15-5-7-21(25-23(15)26(31)33-34(25)4)20-8-6-19(9-10-27(2,3)35)32-24(20)22(30)13-16-11-17(28)14-18(29)12-16;1-23(2,3)31-21(29)13-16(10-15-11-17(26)14-18(27)12-15)22-20(25)7-6-19(28-22)8-9-24(4,5)30;1-13(2)14(3,4)21-15(20-13)8-6-7-9(16)10-11(8)19(5)18-12(10)17;11-9(12)4-1-3(4)6-7(10(13,14)15)16-17(8(6)9)2-5(18)19/h7-10,14-15,17,19,41H,13,16H2,1-6H3,(H2,36,38);5-8,11-12,14,22,35H,13,30H2,1-4H3,(H2,31,33);6-7,11-12,14,16,30H,10,13H2,1-5H3;6-7H,1-5H3,(H2,17,18);3-4H,1-2H2,(H,18,19)/t19-;22-;16-;;3-,4+/m101.0/s1. The summed E-state index contributed by atoms with van der Waals surface area (Å²) in [6.07, 6.45) is -4.66. The number of aromatic nitrogens is 11. The Labute approximate surface area is 866 Å². The minimum Gasteiger partial charge on any atom is -0.480 e. The number of hydrogen-bond acceptors (Lipinski definition) is 21. The number of alkyl halides is 5. The van der Waals surface area contributed by atoms with Gasteiger partial charge in [-0.2, -0.15) is 42.3 Å². The SMILES string of the molecule is CC(C)(O)C#Cc1ccc(Br)c([C@@H](CC(=O)OC(C)(C)C)Cc2cc(F)cc(F)c2)n1.Cc1ccc(-c2ccc(C#CC(C)(C)O)nc2[C@@H](N)Cc2cc(F)cc(F)c2)c2c1c(N)nn2C.Cn1nc(N)c2c(Cl)ccc(-c3ccc(C#CC(C)(C)O)nc3[C@@H](CC(=O)OC(C)(C)C)Cc3cc(F)cc(F)c3)c21.Cn1nc(N)c2c(Cl)ccc(B3OC(C)(C)C(C)(C)O3)c21.O=C(O)Cn1nc(C(F)(F)F)c2c1C(F)(F)[C@@H]1C[C@H]21. The molecular weight excluding hydrogens is 2040 g/mol. The van der Waals surface area contributed by atoms with Gasteiger partial charge in [-0.05, 0) is 290 Å². The number of benzene rings is 6. The third-order valence-electron chi connectivity index (χ3n) is 23.9. The first kappa shape index (κ1) is 114. The maximum absolute atomic E-state index is 14.2. The molecule has 13 aromatic rings. The summed E-state index contributed by atoms with van der Waals surface area (Å²) in [4.78, 5) is 50.3. The number of carbonyl (C=O) groups is 3. The van der Waals surface area contributed by atoms with E-state index >= 15 is 0 Å². The monoisotopic (exact) mass is 2150 g/mol. The summed E-state index contributed by atoms with van der Waals surface area (Å²) in [6.45, 7) is 29.0. The summed E-state index contributed by atoms with van der Waals surface area (Å²) in [5.41, 5.74) is 27.0. The Morgan fingerprint density at radius 2 is 0.885 bits per heavy atom. The number of halogens is 14. The summed E-state index contributed by atoms with van der Waals surface area (Å²) in [5.74, 6) is 4.55. The van der Waals surface area contributed by atoms with Crippen LogP contribution in [0.2, 0.25) is 10.0 Å². The molecule has 0 spiro atoms. The zero-order valence-electron chi connectivity index (χ0n) is 84.7. The van der Waals surface area contributed by atoms with E-state index in [2.05, 4.69) is 76.8 Å². The van der Waals surface area contributed by atoms with Crippen molar-refractivity contribution in [3.63, 3.8) is 0 Å². The molecule has 16 rings (SSSR count). The number of aryl methyl sites for hydroxylation is 4. The van der Waals surface area contributed by atoms with Gasteiger partial charge >= 0.3 is 31.2 Å². The van der Waals surface area contributed by atoms with Crippen molar-refractivity contribution in [2.75, 3.05) is 17.2 Å². The van der Waals surface area contributed by atoms with E-state index in [1.807, 2.05) is 79.0 Å². The van der Waals surface area contributed by atoms with E-state index in [1.54, 1.807) is 147 Å². The molecule has 2 fully saturated rings. The molecule has 7 aromatic heterocycles. The van der Waals surface area contributed by atoms with Crippen LogP contribution < -0.4 is 28.4 Å². The summed E-state index contributed by atoms with van der Waals surface area (Å²) in [5, 5.41) is 57.7. The lowest BCUT2D eigenvalue weighted by Gasteiger charge is -2.32. The summed E-state index contributed by atoms with van der Waals surface area (Å²) >= 11 is 16.2. The maximum Gasteiger partial charge on any atom is 0.497 e. The Kier molecular flexibility index (Phi) is 33.5. The topological polar surface area (TPSA) is 383 Å². The van der Waals surface area contributed by atoms with Crippen LogP contribution in [0.4, 0.5) is 65.7 Å². The van der Waals surface area contributed by atoms with E-state index < -0.39 is 164 Å². The molecule has 3 aliphatic rings. The van der Waals surface area contributed by atoms with Gasteiger partial charge in [-0.3, -0.25) is 33.1 Å². The van der Waals surface area contributed by atoms with Crippen LogP contribution in [0.25, 0.3) is 55.0 Å². The third-order valence-corrected chi connectivity index (χ3v) is 25.2. The predicted octanol–water partition coefficient (Wildman–Crippen LogP) is 20.1. The van der Waals surface area contributed by atoms with Gasteiger partial charge in [0.05, 0.1) is 84.5 Å². The van der Waals surface area contributed by atoms with Crippen molar-refractivity contribution < 1.29 is 102 Å². The van der Waals surface area contributed by atoms with Crippen molar-refractivity contribution in [3.8, 4) is 57.8 Å². The molecule has 0 bridgehead atoms. The normalized spacial score (nSPS) is 15.5. The van der Waals surface area contributed by atoms with Crippen LogP contribution in [0.15, 0.2) is 132 Å². The Morgan fingerprint density at radius 1 is 0.520 bits per heavy atom. The molecule has 5 atom stereocenters. The molecule has 1 aliphatic heterocycles. The lowest BCUT2D eigenvalue weighted by atomic mass is 9.78. The number of carboxylic acids is 1. The van der Waals surface area contributed by atoms with Crippen molar-refractivity contribution in [1.29, 1.82) is 0 Å². The van der Waals surface area contributed by atoms with Gasteiger partial charge in [0, 0.05) is 100 Å². The highest BCUT2D eigenvalue weighted by Crippen LogP contribution is 2.68. The fourth-order valence-electron chi connectivity index (χ4n) is 17.2. The third kappa shape index (κ3) is 27.9. The van der Waals surface area contributed by atoms with E-state index in [9.17, 15) is 78.0 Å². The lowest BCUT2D eigenvalue weighted by molar-refractivity contribution is -0.156. The average molecular weight is 2150 g/mol. The van der Waals surface area contributed by atoms with Crippen molar-refractivity contribution in [2.24, 2.45) is 32.8 Å². The van der Waals surface area contributed by atoms with E-state index in [1.165, 1.54) is 36.4 Å². The molecule has 0 amide bonds. The number of hydrogen-bond donors (Lipinski definition) is 8. The van der Waals surface area contributed by atoms with Gasteiger partial charge < -0.3 is 62.1 Å². The van der Waals surface area contributed by atoms with E-state index in [4.69, 9.17) is 80.0 Å². The van der Waals surface area contributed by atoms with Crippen LogP contribution in [0.3, 0.4) is 0 Å². The number of pyridine rings is 3. The van der Waals surface area contributed by atoms with Crippen LogP contribution >= 0.6 is 39.1 Å². The molecular formula is C107H112BBrCl2F11N15O11. The Morgan fingerprint density at radius 3 is 1.31 bits per heavy atom. The lowest BCUT2D eigenvalue weighted by Crippen LogP contribution is -2.41. The first-order valence-corrected chi connectivity index (χ1v) is 48.1. The number of nitrogen functional groups attached to an aromatic ring is 3. The van der Waals surface area contributed by atoms with Crippen LogP contribution in [-0.2, 0) is 92.2 Å². The van der Waals surface area contributed by atoms with Crippen molar-refractivity contribution in [1.82, 2.24) is 54.1 Å². The van der Waals surface area contributed by atoms with Crippen molar-refractivity contribution >= 4 is 120 Å². The fraction of sp³-hybridized carbons (Fsp3) is 0.383. The number of nitrogens with zero attached hydrogens (tertiary/aromatic N) is 11. The first-order chi connectivity index (χ1) is 68.4. The minimum absolute atomic E-state index is 0.0121. The van der Waals surface area contributed by atoms with Gasteiger partial charge in [0.15, 0.2) is 23.1 Å². The Balaban J connectivity index is 0.000000169. The number of nitrogens with two attached hydrogens (primary N) is 4. The number of rotatable bonds is 18. The number of carbonyl (C=O) groups excluding carboxylic acids is 2. The van der Waals surface area contributed by atoms with Crippen LogP contribution in [-0.4, -0.2) is 139 Å². The maximum atomic E-state index is 14.2. The van der Waals surface area contributed by atoms with Crippen molar-refractivity contribution in [3.05, 3.63) is 250 Å². The molecule has 2 aliphatic carbocycles. The number of aliphatic carboxylic acids is 1. The summed E-state index contributed by atoms with van der Waals surface area (Å²) in [6, 6.07) is 30.8. The van der Waals surface area contributed by atoms with Crippen molar-refractivity contribution in [2.45, 2.75) is 238 Å². The highest BCUT2D eigenvalue weighted by Gasteiger charge is 2.68. The van der Waals surface area contributed by atoms with E-state index in [0.29, 0.717) is 99.0 Å². The summed E-state index contributed by atoms with van der Waals surface area (Å²) < 4.78 is 179. The smallest absolute Gasteiger partial charge is 0.480 e. The quantitative estimate of drug-likeness (QED) is 0.0171. The Hall–Kier alpha value is -13.0. The number of fused-ring (bicyclic) bond motifs is 6. The zero-order chi connectivity index (χ0) is 110. The molecule has 26 nitrogen and oxygen atoms in total.